The summed E-state index contributed by atoms with van der Waals surface area (Å²) < 4.78 is 4.18. The second kappa shape index (κ2) is 33.6. The minimum absolute atomic E-state index is 0.176. The Bertz CT molecular complexity index is 746. The van der Waals surface area contributed by atoms with Crippen LogP contribution in [0.2, 0.25) is 0 Å². The van der Waals surface area contributed by atoms with Crippen LogP contribution in [0.1, 0.15) is 48.5 Å². The Morgan fingerprint density at radius 1 is 0.452 bits per heavy atom. The van der Waals surface area contributed by atoms with E-state index in [0.717, 1.165) is 0 Å². The zero-order valence-electron chi connectivity index (χ0n) is 25.0. The number of amides is 1. The number of nitrogens with two attached hydrogens (primary N) is 1. The van der Waals surface area contributed by atoms with Gasteiger partial charge in [-0.25, -0.2) is 33.6 Å². The highest BCUT2D eigenvalue weighted by atomic mass is 16.5. The summed E-state index contributed by atoms with van der Waals surface area (Å²) in [5.41, 5.74) is 5.60. The number of hydrogen-bond acceptors (Lipinski definition) is 8. The van der Waals surface area contributed by atoms with Crippen molar-refractivity contribution in [2.45, 2.75) is 48.5 Å². The highest BCUT2D eigenvalue weighted by Gasteiger charge is 1.92. The van der Waals surface area contributed by atoms with Crippen molar-refractivity contribution < 1.29 is 68.9 Å². The number of aliphatic carboxylic acids is 6. The minimum Gasteiger partial charge on any atom is -0.478 e. The Balaban J connectivity index is -0.0000000681. The van der Waals surface area contributed by atoms with E-state index >= 15 is 0 Å². The van der Waals surface area contributed by atoms with Gasteiger partial charge in [-0.3, -0.25) is 0 Å². The quantitative estimate of drug-likeness (QED) is 0.202. The lowest BCUT2D eigenvalue weighted by atomic mass is 10.4. The van der Waals surface area contributed by atoms with Gasteiger partial charge in [0.05, 0.1) is 6.61 Å². The van der Waals surface area contributed by atoms with E-state index in [9.17, 15) is 33.6 Å². The molecule has 0 aromatic carbocycles. The summed E-state index contributed by atoms with van der Waals surface area (Å²) in [6.07, 6.45) is -0.711. The van der Waals surface area contributed by atoms with Gasteiger partial charge in [0, 0.05) is 33.4 Å². The molecule has 0 aliphatic rings. The minimum atomic E-state index is -0.935. The van der Waals surface area contributed by atoms with E-state index in [1.807, 2.05) is 0 Å². The molecule has 0 unspecified atom stereocenters. The van der Waals surface area contributed by atoms with Gasteiger partial charge in [0.2, 0.25) is 0 Å². The van der Waals surface area contributed by atoms with Crippen LogP contribution in [0, 0.1) is 0 Å². The first-order chi connectivity index (χ1) is 18.6. The molecular formula is C27H43NO14. The topological polar surface area (TPSA) is 276 Å². The van der Waals surface area contributed by atoms with Gasteiger partial charge in [-0.2, -0.15) is 0 Å². The molecule has 15 heteroatoms. The first kappa shape index (κ1) is 52.9. The molecule has 0 rings (SSSR count). The van der Waals surface area contributed by atoms with Gasteiger partial charge in [0.1, 0.15) is 0 Å². The van der Waals surface area contributed by atoms with Gasteiger partial charge >= 0.3 is 41.9 Å². The zero-order chi connectivity index (χ0) is 35.9. The lowest BCUT2D eigenvalue weighted by Crippen LogP contribution is -2.11. The van der Waals surface area contributed by atoms with Crippen LogP contribution in [-0.4, -0.2) is 79.2 Å². The zero-order valence-corrected chi connectivity index (χ0v) is 25.0. The SMILES string of the molecule is C=C(C)C(=O)O.C=C(C)C(=O)O.C=C(C)C(=O)O.C=C(C)C(=O)O.C=C(C)C(=O)O.C=C(C)C(=O)O.CCOC(N)=O. The summed E-state index contributed by atoms with van der Waals surface area (Å²) >= 11 is 0. The smallest absolute Gasteiger partial charge is 0.404 e. The van der Waals surface area contributed by atoms with Crippen LogP contribution in [0.4, 0.5) is 4.79 Å². The fourth-order valence-electron chi connectivity index (χ4n) is 0.142. The molecule has 0 aliphatic carbocycles. The standard InChI is InChI=1S/6C4H6O2.C3H7NO2/c6*1-3(2)4(5)6;1-2-6-3(4)5/h6*1H2,2H3,(H,5,6);2H2,1H3,(H2,4,5). The van der Waals surface area contributed by atoms with E-state index in [4.69, 9.17) is 30.6 Å². The van der Waals surface area contributed by atoms with Crippen molar-refractivity contribution >= 4 is 41.9 Å². The maximum absolute atomic E-state index is 9.60. The number of carboxylic acid groups (broad SMARTS) is 6. The molecule has 0 saturated heterocycles. The maximum Gasteiger partial charge on any atom is 0.404 e. The molecule has 0 aromatic heterocycles. The number of primary amides is 1. The van der Waals surface area contributed by atoms with Gasteiger partial charge in [-0.15, -0.1) is 0 Å². The number of ether oxygens (including phenoxy) is 1. The largest absolute Gasteiger partial charge is 0.478 e. The Morgan fingerprint density at radius 2 is 0.548 bits per heavy atom. The second-order valence-corrected chi connectivity index (χ2v) is 7.26. The molecule has 0 fully saturated rings. The Kier molecular flexibility index (Phi) is 42.3. The van der Waals surface area contributed by atoms with Crippen molar-refractivity contribution in [2.24, 2.45) is 5.73 Å². The summed E-state index contributed by atoms with van der Waals surface area (Å²) in [5.74, 6) is -5.61. The summed E-state index contributed by atoms with van der Waals surface area (Å²) in [5, 5.41) is 47.3. The van der Waals surface area contributed by atoms with Gasteiger partial charge < -0.3 is 41.1 Å². The van der Waals surface area contributed by atoms with Crippen molar-refractivity contribution in [1.29, 1.82) is 0 Å². The lowest BCUT2D eigenvalue weighted by molar-refractivity contribution is -0.133. The van der Waals surface area contributed by atoms with Crippen LogP contribution in [0.3, 0.4) is 0 Å². The molecule has 42 heavy (non-hydrogen) atoms. The van der Waals surface area contributed by atoms with E-state index in [2.05, 4.69) is 49.9 Å². The third-order valence-corrected chi connectivity index (χ3v) is 2.48. The Labute approximate surface area is 244 Å². The third kappa shape index (κ3) is 83.7. The van der Waals surface area contributed by atoms with Crippen LogP contribution in [0.15, 0.2) is 72.9 Å². The molecule has 0 aromatic rings. The number of hydrogen-bond donors (Lipinski definition) is 7. The van der Waals surface area contributed by atoms with E-state index < -0.39 is 41.9 Å². The van der Waals surface area contributed by atoms with Gasteiger partial charge in [-0.1, -0.05) is 39.5 Å². The van der Waals surface area contributed by atoms with E-state index in [1.54, 1.807) is 6.92 Å². The van der Waals surface area contributed by atoms with E-state index in [-0.39, 0.29) is 33.4 Å². The van der Waals surface area contributed by atoms with Crippen molar-refractivity contribution in [1.82, 2.24) is 0 Å². The Hall–Kier alpha value is -5.47. The maximum atomic E-state index is 9.60. The first-order valence-electron chi connectivity index (χ1n) is 10.9. The fourth-order valence-corrected chi connectivity index (χ4v) is 0.142. The highest BCUT2D eigenvalue weighted by Crippen LogP contribution is 1.83. The molecule has 1 amide bonds. The molecule has 8 N–H and O–H groups in total. The van der Waals surface area contributed by atoms with Crippen LogP contribution >= 0.6 is 0 Å². The average Bonchev–Trinajstić information content (AvgIpc) is 2.80. The van der Waals surface area contributed by atoms with Gasteiger partial charge in [-0.05, 0) is 48.5 Å². The first-order valence-corrected chi connectivity index (χ1v) is 10.9. The molecule has 0 heterocycles. The van der Waals surface area contributed by atoms with Crippen molar-refractivity contribution in [3.05, 3.63) is 72.9 Å². The monoisotopic (exact) mass is 605 g/mol. The van der Waals surface area contributed by atoms with Crippen LogP contribution in [0.25, 0.3) is 0 Å². The number of carboxylic acids is 6. The lowest BCUT2D eigenvalue weighted by Gasteiger charge is -1.89. The third-order valence-electron chi connectivity index (χ3n) is 2.48. The van der Waals surface area contributed by atoms with Crippen molar-refractivity contribution in [2.75, 3.05) is 6.61 Å². The molecule has 0 atom stereocenters. The average molecular weight is 606 g/mol. The van der Waals surface area contributed by atoms with Crippen LogP contribution in [0.5, 0.6) is 0 Å². The molecule has 0 bridgehead atoms. The second-order valence-electron chi connectivity index (χ2n) is 7.26. The number of rotatable bonds is 7. The molecule has 240 valence electrons. The predicted molar refractivity (Wildman–Crippen MR) is 156 cm³/mol. The molecule has 0 spiro atoms. The summed E-state index contributed by atoms with van der Waals surface area (Å²) in [4.78, 5) is 67.2. The van der Waals surface area contributed by atoms with Gasteiger partial charge in [0.25, 0.3) is 0 Å². The molecule has 0 radical (unpaired) electrons. The summed E-state index contributed by atoms with van der Waals surface area (Å²) in [7, 11) is 0. The van der Waals surface area contributed by atoms with Crippen LogP contribution in [-0.2, 0) is 33.5 Å². The van der Waals surface area contributed by atoms with E-state index in [1.165, 1.54) is 41.5 Å². The molecule has 0 saturated carbocycles. The summed E-state index contributed by atoms with van der Waals surface area (Å²) in [6, 6.07) is 0. The van der Waals surface area contributed by atoms with Crippen molar-refractivity contribution in [3.63, 3.8) is 0 Å². The van der Waals surface area contributed by atoms with Crippen molar-refractivity contribution in [3.8, 4) is 0 Å². The Morgan fingerprint density at radius 3 is 0.548 bits per heavy atom. The normalized spacial score (nSPS) is 7.50. The predicted octanol–water partition coefficient (Wildman–Crippen LogP) is 3.98. The number of carbonyl (C=O) groups is 7. The van der Waals surface area contributed by atoms with Gasteiger partial charge in [0.15, 0.2) is 0 Å². The molecule has 15 nitrogen and oxygen atoms in total. The van der Waals surface area contributed by atoms with E-state index in [0.29, 0.717) is 6.61 Å². The van der Waals surface area contributed by atoms with Crippen LogP contribution < -0.4 is 5.73 Å². The highest BCUT2D eigenvalue weighted by molar-refractivity contribution is 5.86. The fraction of sp³-hybridized carbons (Fsp3) is 0.296. The summed E-state index contributed by atoms with van der Waals surface area (Å²) in [6.45, 7) is 29.7. The molecular weight excluding hydrogens is 562 g/mol. The molecule has 0 aliphatic heterocycles. The number of carbonyl (C=O) groups excluding carboxylic acids is 1.